The number of alkyl halides is 2. The Hall–Kier alpha value is -2.51. The predicted molar refractivity (Wildman–Crippen MR) is 67.8 cm³/mol. The molecule has 21 heavy (non-hydrogen) atoms. The van der Waals surface area contributed by atoms with Crippen molar-refractivity contribution in [1.29, 1.82) is 0 Å². The quantitative estimate of drug-likeness (QED) is 0.804. The normalized spacial score (nSPS) is 10.7. The molecule has 1 amide bonds. The number of rotatable bonds is 6. The maximum Gasteiger partial charge on any atom is 0.279 e. The van der Waals surface area contributed by atoms with Crippen LogP contribution in [0.3, 0.4) is 0 Å². The second kappa shape index (κ2) is 6.78. The monoisotopic (exact) mass is 299 g/mol. The summed E-state index contributed by atoms with van der Waals surface area (Å²) in [7, 11) is 0. The maximum atomic E-state index is 13.2. The maximum absolute atomic E-state index is 13.2. The number of H-pyrrole nitrogens is 1. The van der Waals surface area contributed by atoms with Crippen LogP contribution in [-0.2, 0) is 0 Å². The number of aromatic nitrogens is 2. The van der Waals surface area contributed by atoms with E-state index in [0.29, 0.717) is 0 Å². The molecular formula is C13H12F3N3O2. The number of halogens is 3. The summed E-state index contributed by atoms with van der Waals surface area (Å²) in [5.74, 6) is -1.04. The van der Waals surface area contributed by atoms with Crippen molar-refractivity contribution in [3.8, 4) is 5.75 Å². The number of benzene rings is 1. The molecule has 2 aromatic rings. The zero-order valence-electron chi connectivity index (χ0n) is 10.8. The van der Waals surface area contributed by atoms with E-state index in [1.165, 1.54) is 18.2 Å². The molecule has 8 heteroatoms. The van der Waals surface area contributed by atoms with Gasteiger partial charge in [0.25, 0.3) is 12.3 Å². The van der Waals surface area contributed by atoms with Gasteiger partial charge in [-0.05, 0) is 18.2 Å². The van der Waals surface area contributed by atoms with E-state index in [0.717, 1.165) is 6.07 Å². The van der Waals surface area contributed by atoms with Crippen LogP contribution in [0.2, 0.25) is 0 Å². The van der Waals surface area contributed by atoms with Gasteiger partial charge in [0.15, 0.2) is 11.6 Å². The molecule has 2 N–H and O–H groups in total. The molecule has 0 aliphatic rings. The summed E-state index contributed by atoms with van der Waals surface area (Å²) in [5.41, 5.74) is -0.570. The van der Waals surface area contributed by atoms with Gasteiger partial charge in [-0.3, -0.25) is 9.89 Å². The minimum absolute atomic E-state index is 0.0405. The van der Waals surface area contributed by atoms with E-state index < -0.39 is 23.8 Å². The van der Waals surface area contributed by atoms with Gasteiger partial charge in [0.2, 0.25) is 0 Å². The van der Waals surface area contributed by atoms with Crippen LogP contribution in [-0.4, -0.2) is 29.3 Å². The van der Waals surface area contributed by atoms with Gasteiger partial charge in [0.1, 0.15) is 18.0 Å². The predicted octanol–water partition coefficient (Wildman–Crippen LogP) is 2.30. The second-order valence-corrected chi connectivity index (χ2v) is 4.04. The number of aromatic amines is 1. The average molecular weight is 299 g/mol. The number of nitrogens with one attached hydrogen (secondary N) is 2. The van der Waals surface area contributed by atoms with Crippen LogP contribution in [0.1, 0.15) is 22.6 Å². The van der Waals surface area contributed by atoms with Gasteiger partial charge < -0.3 is 10.1 Å². The Bertz CT molecular complexity index is 616. The third-order valence-corrected chi connectivity index (χ3v) is 2.55. The summed E-state index contributed by atoms with van der Waals surface area (Å²) in [6.45, 7) is 0.128. The number of amides is 1. The van der Waals surface area contributed by atoms with Crippen molar-refractivity contribution in [2.45, 2.75) is 6.43 Å². The molecule has 0 saturated heterocycles. The van der Waals surface area contributed by atoms with Crippen LogP contribution < -0.4 is 10.1 Å². The zero-order valence-corrected chi connectivity index (χ0v) is 10.8. The first-order valence-electron chi connectivity index (χ1n) is 6.07. The summed E-state index contributed by atoms with van der Waals surface area (Å²) in [6.07, 6.45) is -2.72. The van der Waals surface area contributed by atoms with Crippen LogP contribution in [0.4, 0.5) is 13.2 Å². The van der Waals surface area contributed by atoms with Gasteiger partial charge in [0, 0.05) is 0 Å². The van der Waals surface area contributed by atoms with Gasteiger partial charge in [0.05, 0.1) is 6.54 Å². The van der Waals surface area contributed by atoms with Crippen molar-refractivity contribution in [2.24, 2.45) is 0 Å². The number of nitrogens with zero attached hydrogens (tertiary/aromatic N) is 1. The Morgan fingerprint density at radius 1 is 1.38 bits per heavy atom. The van der Waals surface area contributed by atoms with Crippen LogP contribution in [0.25, 0.3) is 0 Å². The Kier molecular flexibility index (Phi) is 4.81. The lowest BCUT2D eigenvalue weighted by atomic mass is 10.3. The Labute approximate surface area is 118 Å². The molecule has 1 aromatic heterocycles. The van der Waals surface area contributed by atoms with E-state index >= 15 is 0 Å². The standard InChI is InChI=1S/C13H12F3N3O2/c14-8-3-1-2-4-11(8)21-6-5-17-13(20)10-7-9(12(15)16)18-19-10/h1-4,7,12H,5-6H2,(H,17,20)(H,18,19). The molecule has 0 atom stereocenters. The lowest BCUT2D eigenvalue weighted by molar-refractivity contribution is 0.0941. The first-order valence-corrected chi connectivity index (χ1v) is 6.07. The van der Waals surface area contributed by atoms with Crippen LogP contribution in [0.5, 0.6) is 5.75 Å². The highest BCUT2D eigenvalue weighted by molar-refractivity contribution is 5.92. The Morgan fingerprint density at radius 2 is 2.14 bits per heavy atom. The van der Waals surface area contributed by atoms with E-state index in [1.807, 2.05) is 0 Å². The highest BCUT2D eigenvalue weighted by Gasteiger charge is 2.15. The SMILES string of the molecule is O=C(NCCOc1ccccc1F)c1cc(C(F)F)[nH]n1. The summed E-state index contributed by atoms with van der Waals surface area (Å²) in [5, 5.41) is 7.97. The van der Waals surface area contributed by atoms with Crippen molar-refractivity contribution >= 4 is 5.91 Å². The first-order chi connectivity index (χ1) is 10.1. The Balaban J connectivity index is 1.78. The fraction of sp³-hybridized carbons (Fsp3) is 0.231. The molecule has 1 aromatic carbocycles. The third kappa shape index (κ3) is 3.98. The number of carbonyl (C=O) groups excluding carboxylic acids is 1. The third-order valence-electron chi connectivity index (χ3n) is 2.55. The highest BCUT2D eigenvalue weighted by atomic mass is 19.3. The fourth-order valence-corrected chi connectivity index (χ4v) is 1.54. The van der Waals surface area contributed by atoms with E-state index in [1.54, 1.807) is 6.07 Å². The fourth-order valence-electron chi connectivity index (χ4n) is 1.54. The molecule has 5 nitrogen and oxygen atoms in total. The number of para-hydroxylation sites is 1. The van der Waals surface area contributed by atoms with Crippen molar-refractivity contribution < 1.29 is 22.7 Å². The molecule has 1 heterocycles. The molecule has 0 spiro atoms. The van der Waals surface area contributed by atoms with E-state index in [4.69, 9.17) is 4.74 Å². The van der Waals surface area contributed by atoms with Crippen molar-refractivity contribution in [2.75, 3.05) is 13.2 Å². The van der Waals surface area contributed by atoms with Gasteiger partial charge in [-0.15, -0.1) is 0 Å². The second-order valence-electron chi connectivity index (χ2n) is 4.04. The summed E-state index contributed by atoms with van der Waals surface area (Å²) >= 11 is 0. The van der Waals surface area contributed by atoms with Gasteiger partial charge >= 0.3 is 0 Å². The van der Waals surface area contributed by atoms with Crippen LogP contribution in [0, 0.1) is 5.82 Å². The summed E-state index contributed by atoms with van der Waals surface area (Å²) < 4.78 is 43.0. The molecule has 2 rings (SSSR count). The topological polar surface area (TPSA) is 67.0 Å². The van der Waals surface area contributed by atoms with Gasteiger partial charge in [-0.2, -0.15) is 5.10 Å². The van der Waals surface area contributed by atoms with E-state index in [9.17, 15) is 18.0 Å². The lowest BCUT2D eigenvalue weighted by Crippen LogP contribution is -2.28. The minimum Gasteiger partial charge on any atom is -0.489 e. The Morgan fingerprint density at radius 3 is 2.81 bits per heavy atom. The van der Waals surface area contributed by atoms with E-state index in [-0.39, 0.29) is 24.6 Å². The molecule has 0 saturated carbocycles. The van der Waals surface area contributed by atoms with Gasteiger partial charge in [-0.25, -0.2) is 13.2 Å². The average Bonchev–Trinajstić information content (AvgIpc) is 2.95. The highest BCUT2D eigenvalue weighted by Crippen LogP contribution is 2.16. The number of carbonyl (C=O) groups is 1. The largest absolute Gasteiger partial charge is 0.489 e. The van der Waals surface area contributed by atoms with Crippen molar-refractivity contribution in [1.82, 2.24) is 15.5 Å². The zero-order chi connectivity index (χ0) is 15.2. The van der Waals surface area contributed by atoms with Crippen molar-refractivity contribution in [3.05, 3.63) is 47.5 Å². The molecular weight excluding hydrogens is 287 g/mol. The lowest BCUT2D eigenvalue weighted by Gasteiger charge is -2.07. The minimum atomic E-state index is -2.72. The van der Waals surface area contributed by atoms with Crippen LogP contribution >= 0.6 is 0 Å². The molecule has 0 fully saturated rings. The first kappa shape index (κ1) is 14.9. The number of hydrogen-bond donors (Lipinski definition) is 2. The molecule has 0 bridgehead atoms. The number of ether oxygens (including phenoxy) is 1. The van der Waals surface area contributed by atoms with E-state index in [2.05, 4.69) is 15.5 Å². The summed E-state index contributed by atoms with van der Waals surface area (Å²) in [4.78, 5) is 11.6. The number of hydrogen-bond acceptors (Lipinski definition) is 3. The molecule has 0 aliphatic carbocycles. The molecule has 112 valence electrons. The summed E-state index contributed by atoms with van der Waals surface area (Å²) in [6, 6.07) is 6.83. The molecule has 0 unspecified atom stereocenters. The van der Waals surface area contributed by atoms with Gasteiger partial charge in [-0.1, -0.05) is 12.1 Å². The smallest absolute Gasteiger partial charge is 0.279 e. The molecule has 0 radical (unpaired) electrons. The van der Waals surface area contributed by atoms with Crippen LogP contribution in [0.15, 0.2) is 30.3 Å². The molecule has 0 aliphatic heterocycles. The van der Waals surface area contributed by atoms with Crippen molar-refractivity contribution in [3.63, 3.8) is 0 Å².